The van der Waals surface area contributed by atoms with Gasteiger partial charge in [0.15, 0.2) is 6.29 Å². The van der Waals surface area contributed by atoms with E-state index in [-0.39, 0.29) is 30.6 Å². The molecule has 0 unspecified atom stereocenters. The summed E-state index contributed by atoms with van der Waals surface area (Å²) in [5.74, 6) is 0.117. The van der Waals surface area contributed by atoms with Gasteiger partial charge in [-0.1, -0.05) is 158 Å². The van der Waals surface area contributed by atoms with E-state index >= 15 is 0 Å². The molecule has 3 aromatic rings. The lowest BCUT2D eigenvalue weighted by Gasteiger charge is -2.43. The number of carbonyl (C=O) groups excluding carboxylic acids is 1. The number of aliphatic hydroxyl groups is 1. The van der Waals surface area contributed by atoms with Crippen molar-refractivity contribution < 1.29 is 19.4 Å². The molecule has 4 atom stereocenters. The molecule has 6 heteroatoms. The number of aliphatic hydroxyl groups excluding tert-OH is 1. The van der Waals surface area contributed by atoms with E-state index in [4.69, 9.17) is 9.47 Å². The predicted molar refractivity (Wildman–Crippen MR) is 206 cm³/mol. The summed E-state index contributed by atoms with van der Waals surface area (Å²) < 4.78 is 13.7. The number of carbonyl (C=O) groups is 1. The van der Waals surface area contributed by atoms with Gasteiger partial charge in [-0.3, -0.25) is 4.79 Å². The number of hydrogen-bond donors (Lipinski definition) is 2. The summed E-state index contributed by atoms with van der Waals surface area (Å²) in [5, 5.41) is 12.6. The van der Waals surface area contributed by atoms with E-state index in [9.17, 15) is 9.90 Å². The Balaban J connectivity index is 1.53. The van der Waals surface area contributed by atoms with Crippen molar-refractivity contribution in [1.29, 1.82) is 0 Å². The van der Waals surface area contributed by atoms with Crippen LogP contribution in [0.25, 0.3) is 11.1 Å². The highest BCUT2D eigenvalue weighted by Crippen LogP contribution is 2.42. The van der Waals surface area contributed by atoms with Gasteiger partial charge in [0.25, 0.3) is 0 Å². The third-order valence-corrected chi connectivity index (χ3v) is 10.3. The molecule has 0 bridgehead atoms. The SMILES string of the molecule is CCCCCCCCN(CCCCCCCC)C[C@@H]1O[C@H](c2ccc(-c3ccccc3CNC(C)=O)cc2)O[C@H](c2ccc(CO)cc2)[C@@H]1C. The van der Waals surface area contributed by atoms with Crippen LogP contribution < -0.4 is 5.32 Å². The summed E-state index contributed by atoms with van der Waals surface area (Å²) in [5.41, 5.74) is 6.30. The number of hydrogen-bond acceptors (Lipinski definition) is 5. The Kier molecular flexibility index (Phi) is 17.5. The van der Waals surface area contributed by atoms with Crippen molar-refractivity contribution in [2.24, 2.45) is 5.92 Å². The van der Waals surface area contributed by atoms with Crippen molar-refractivity contribution >= 4 is 5.91 Å². The highest BCUT2D eigenvalue weighted by molar-refractivity contribution is 5.74. The van der Waals surface area contributed by atoms with E-state index in [2.05, 4.69) is 79.5 Å². The topological polar surface area (TPSA) is 71.0 Å². The second-order valence-corrected chi connectivity index (χ2v) is 14.3. The molecule has 2 N–H and O–H groups in total. The van der Waals surface area contributed by atoms with Crippen molar-refractivity contribution in [2.45, 2.75) is 136 Å². The van der Waals surface area contributed by atoms with Crippen LogP contribution in [0.4, 0.5) is 0 Å². The fourth-order valence-electron chi connectivity index (χ4n) is 7.10. The smallest absolute Gasteiger partial charge is 0.217 e. The maximum atomic E-state index is 11.6. The third kappa shape index (κ3) is 12.6. The van der Waals surface area contributed by atoms with Crippen LogP contribution in [0.1, 0.15) is 139 Å². The first kappa shape index (κ1) is 39.8. The Morgan fingerprint density at radius 1 is 0.740 bits per heavy atom. The Hall–Kier alpha value is -3.03. The lowest BCUT2D eigenvalue weighted by Crippen LogP contribution is -2.45. The number of ether oxygens (including phenoxy) is 2. The molecule has 0 saturated carbocycles. The highest BCUT2D eigenvalue weighted by Gasteiger charge is 2.39. The largest absolute Gasteiger partial charge is 0.392 e. The molecule has 1 heterocycles. The normalized spacial score (nSPS) is 19.2. The summed E-state index contributed by atoms with van der Waals surface area (Å²) >= 11 is 0. The lowest BCUT2D eigenvalue weighted by atomic mass is 9.89. The maximum Gasteiger partial charge on any atom is 0.217 e. The third-order valence-electron chi connectivity index (χ3n) is 10.3. The molecule has 6 nitrogen and oxygen atoms in total. The molecule has 50 heavy (non-hydrogen) atoms. The van der Waals surface area contributed by atoms with Gasteiger partial charge in [0, 0.05) is 31.5 Å². The van der Waals surface area contributed by atoms with Crippen LogP contribution in [-0.2, 0) is 27.4 Å². The van der Waals surface area contributed by atoms with E-state index in [1.54, 1.807) is 6.92 Å². The molecule has 1 aliphatic rings. The molecular formula is C44H64N2O4. The van der Waals surface area contributed by atoms with Gasteiger partial charge in [0.1, 0.15) is 0 Å². The van der Waals surface area contributed by atoms with Crippen molar-refractivity contribution in [3.63, 3.8) is 0 Å². The summed E-state index contributed by atoms with van der Waals surface area (Å²) in [6.07, 6.45) is 15.0. The number of amides is 1. The number of rotatable bonds is 22. The molecule has 274 valence electrons. The van der Waals surface area contributed by atoms with Gasteiger partial charge in [-0.05, 0) is 53.7 Å². The number of unbranched alkanes of at least 4 members (excludes halogenated alkanes) is 10. The first-order valence-corrected chi connectivity index (χ1v) is 19.6. The van der Waals surface area contributed by atoms with Crippen LogP contribution in [0.5, 0.6) is 0 Å². The molecule has 0 radical (unpaired) electrons. The van der Waals surface area contributed by atoms with Crippen molar-refractivity contribution in [3.8, 4) is 11.1 Å². The summed E-state index contributed by atoms with van der Waals surface area (Å²) in [4.78, 5) is 14.3. The standard InChI is InChI=1S/C44H64N2O4/c1-5-7-9-11-13-17-29-46(30-18-14-12-10-8-6-2)32-42-34(3)43(38-23-21-36(33-47)22-24-38)50-44(49-42)39-27-25-37(26-28-39)41-20-16-15-19-40(41)31-45-35(4)48/h15-16,19-28,34,42-44,47H,5-14,17-18,29-33H2,1-4H3,(H,45,48)/t34-,42+,43+,44+/m1/s1. The highest BCUT2D eigenvalue weighted by atomic mass is 16.7. The van der Waals surface area contributed by atoms with Gasteiger partial charge < -0.3 is 24.8 Å². The van der Waals surface area contributed by atoms with Gasteiger partial charge >= 0.3 is 0 Å². The number of nitrogens with zero attached hydrogens (tertiary/aromatic N) is 1. The van der Waals surface area contributed by atoms with E-state index in [0.29, 0.717) is 6.54 Å². The molecule has 4 rings (SSSR count). The minimum Gasteiger partial charge on any atom is -0.392 e. The number of nitrogens with one attached hydrogen (secondary N) is 1. The Morgan fingerprint density at radius 3 is 1.92 bits per heavy atom. The van der Waals surface area contributed by atoms with Gasteiger partial charge in [-0.25, -0.2) is 0 Å². The Labute approximate surface area is 303 Å². The lowest BCUT2D eigenvalue weighted by molar-refractivity contribution is -0.276. The second-order valence-electron chi connectivity index (χ2n) is 14.3. The predicted octanol–water partition coefficient (Wildman–Crippen LogP) is 10.3. The molecule has 0 spiro atoms. The Morgan fingerprint density at radius 2 is 1.32 bits per heavy atom. The van der Waals surface area contributed by atoms with Crippen LogP contribution >= 0.6 is 0 Å². The van der Waals surface area contributed by atoms with E-state index in [1.807, 2.05) is 24.3 Å². The van der Waals surface area contributed by atoms with Gasteiger partial charge in [0.2, 0.25) is 5.91 Å². The monoisotopic (exact) mass is 684 g/mol. The van der Waals surface area contributed by atoms with E-state index < -0.39 is 6.29 Å². The minimum absolute atomic E-state index is 0.00880. The van der Waals surface area contributed by atoms with Crippen molar-refractivity contribution in [1.82, 2.24) is 10.2 Å². The molecule has 0 aliphatic carbocycles. The zero-order valence-electron chi connectivity index (χ0n) is 31.4. The van der Waals surface area contributed by atoms with Crippen molar-refractivity contribution in [3.05, 3.63) is 95.1 Å². The zero-order chi connectivity index (χ0) is 35.6. The first-order valence-electron chi connectivity index (χ1n) is 19.6. The average molecular weight is 685 g/mol. The van der Waals surface area contributed by atoms with Gasteiger partial charge in [0.05, 0.1) is 18.8 Å². The molecule has 0 aromatic heterocycles. The molecule has 1 amide bonds. The number of benzene rings is 3. The summed E-state index contributed by atoms with van der Waals surface area (Å²) in [7, 11) is 0. The van der Waals surface area contributed by atoms with Gasteiger partial charge in [-0.2, -0.15) is 0 Å². The Bertz CT molecular complexity index is 1360. The average Bonchev–Trinajstić information content (AvgIpc) is 3.14. The second kappa shape index (κ2) is 22.0. The summed E-state index contributed by atoms with van der Waals surface area (Å²) in [6.45, 7) is 12.0. The fourth-order valence-corrected chi connectivity index (χ4v) is 7.10. The minimum atomic E-state index is -0.493. The van der Waals surface area contributed by atoms with E-state index in [1.165, 1.54) is 77.0 Å². The van der Waals surface area contributed by atoms with Crippen LogP contribution in [-0.4, -0.2) is 41.7 Å². The van der Waals surface area contributed by atoms with Crippen LogP contribution in [0, 0.1) is 5.92 Å². The summed E-state index contributed by atoms with van der Waals surface area (Å²) in [6, 6.07) is 24.9. The van der Waals surface area contributed by atoms with Crippen LogP contribution in [0.3, 0.4) is 0 Å². The maximum absolute atomic E-state index is 11.6. The van der Waals surface area contributed by atoms with Crippen LogP contribution in [0.15, 0.2) is 72.8 Å². The van der Waals surface area contributed by atoms with Crippen LogP contribution in [0.2, 0.25) is 0 Å². The fraction of sp³-hybridized carbons (Fsp3) is 0.568. The molecule has 1 aliphatic heterocycles. The molecule has 1 fully saturated rings. The zero-order valence-corrected chi connectivity index (χ0v) is 31.4. The molecule has 3 aromatic carbocycles. The van der Waals surface area contributed by atoms with E-state index in [0.717, 1.165) is 53.0 Å². The quantitative estimate of drug-likeness (QED) is 0.103. The first-order chi connectivity index (χ1) is 24.4. The van der Waals surface area contributed by atoms with Crippen molar-refractivity contribution in [2.75, 3.05) is 19.6 Å². The molecular weight excluding hydrogens is 620 g/mol. The van der Waals surface area contributed by atoms with Gasteiger partial charge in [-0.15, -0.1) is 0 Å². The molecule has 1 saturated heterocycles.